The van der Waals surface area contributed by atoms with Gasteiger partial charge in [-0.3, -0.25) is 4.68 Å². The molecule has 0 atom stereocenters. The van der Waals surface area contributed by atoms with E-state index in [0.29, 0.717) is 23.6 Å². The van der Waals surface area contributed by atoms with Gasteiger partial charge in [0.2, 0.25) is 5.75 Å². The summed E-state index contributed by atoms with van der Waals surface area (Å²) in [5, 5.41) is 24.5. The quantitative estimate of drug-likeness (QED) is 0.721. The number of phenolic OH excluding ortho intramolecular Hbond substituents is 1. The van der Waals surface area contributed by atoms with Crippen molar-refractivity contribution in [2.24, 2.45) is 0 Å². The van der Waals surface area contributed by atoms with E-state index >= 15 is 0 Å². The van der Waals surface area contributed by atoms with Gasteiger partial charge in [-0.15, -0.1) is 0 Å². The molecular weight excluding hydrogens is 320 g/mol. The molecule has 3 rings (SSSR count). The SMILES string of the molecule is COc1ccc(-c2cc(-c3ccccc3)nn2CCO)c(O)c1OC. The fourth-order valence-corrected chi connectivity index (χ4v) is 2.77. The molecule has 130 valence electrons. The summed E-state index contributed by atoms with van der Waals surface area (Å²) in [4.78, 5) is 0. The number of aromatic hydroxyl groups is 1. The number of hydrogen-bond donors (Lipinski definition) is 2. The van der Waals surface area contributed by atoms with E-state index < -0.39 is 0 Å². The maximum absolute atomic E-state index is 10.6. The minimum Gasteiger partial charge on any atom is -0.504 e. The van der Waals surface area contributed by atoms with E-state index in [1.54, 1.807) is 16.8 Å². The lowest BCUT2D eigenvalue weighted by molar-refractivity contribution is 0.270. The van der Waals surface area contributed by atoms with Crippen molar-refractivity contribution in [3.8, 4) is 39.8 Å². The highest BCUT2D eigenvalue weighted by molar-refractivity contribution is 5.76. The van der Waals surface area contributed by atoms with Crippen LogP contribution in [0.5, 0.6) is 17.2 Å². The van der Waals surface area contributed by atoms with Crippen LogP contribution in [-0.2, 0) is 6.54 Å². The van der Waals surface area contributed by atoms with Gasteiger partial charge >= 0.3 is 0 Å². The second-order valence-electron chi connectivity index (χ2n) is 5.42. The average Bonchev–Trinajstić information content (AvgIpc) is 3.06. The Labute approximate surface area is 145 Å². The summed E-state index contributed by atoms with van der Waals surface area (Å²) in [6.45, 7) is 0.257. The molecule has 0 aliphatic rings. The second kappa shape index (κ2) is 7.27. The van der Waals surface area contributed by atoms with Crippen LogP contribution in [0.3, 0.4) is 0 Å². The van der Waals surface area contributed by atoms with Crippen molar-refractivity contribution in [3.05, 3.63) is 48.5 Å². The van der Waals surface area contributed by atoms with Crippen LogP contribution in [0.1, 0.15) is 0 Å². The van der Waals surface area contributed by atoms with Gasteiger partial charge in [0.25, 0.3) is 0 Å². The third-order valence-corrected chi connectivity index (χ3v) is 3.96. The summed E-state index contributed by atoms with van der Waals surface area (Å²) in [6.07, 6.45) is 0. The molecular formula is C19H20N2O4. The zero-order valence-electron chi connectivity index (χ0n) is 14.1. The van der Waals surface area contributed by atoms with Gasteiger partial charge in [0.15, 0.2) is 11.5 Å². The highest BCUT2D eigenvalue weighted by Crippen LogP contribution is 2.44. The topological polar surface area (TPSA) is 76.7 Å². The molecule has 0 radical (unpaired) electrons. The van der Waals surface area contributed by atoms with Gasteiger partial charge in [0, 0.05) is 11.1 Å². The van der Waals surface area contributed by atoms with Crippen LogP contribution in [0.15, 0.2) is 48.5 Å². The molecule has 0 aliphatic heterocycles. The molecule has 0 unspecified atom stereocenters. The molecule has 2 N–H and O–H groups in total. The number of phenols is 1. The average molecular weight is 340 g/mol. The summed E-state index contributed by atoms with van der Waals surface area (Å²) in [5.74, 6) is 0.679. The van der Waals surface area contributed by atoms with Crippen molar-refractivity contribution in [1.29, 1.82) is 0 Å². The first-order valence-electron chi connectivity index (χ1n) is 7.88. The zero-order chi connectivity index (χ0) is 17.8. The standard InChI is InChI=1S/C19H20N2O4/c1-24-17-9-8-14(18(23)19(17)25-2)16-12-15(20-21(16)10-11-22)13-6-4-3-5-7-13/h3-9,12,22-23H,10-11H2,1-2H3. The molecule has 25 heavy (non-hydrogen) atoms. The molecule has 0 saturated carbocycles. The van der Waals surface area contributed by atoms with E-state index in [1.165, 1.54) is 14.2 Å². The Balaban J connectivity index is 2.15. The van der Waals surface area contributed by atoms with Gasteiger partial charge in [-0.2, -0.15) is 5.10 Å². The number of ether oxygens (including phenoxy) is 2. The smallest absolute Gasteiger partial charge is 0.203 e. The lowest BCUT2D eigenvalue weighted by Gasteiger charge is -2.13. The Kier molecular flexibility index (Phi) is 4.90. The third kappa shape index (κ3) is 3.16. The first-order valence-corrected chi connectivity index (χ1v) is 7.88. The van der Waals surface area contributed by atoms with Gasteiger partial charge in [0.05, 0.1) is 38.8 Å². The van der Waals surface area contributed by atoms with Crippen molar-refractivity contribution in [2.45, 2.75) is 6.54 Å². The van der Waals surface area contributed by atoms with E-state index in [4.69, 9.17) is 9.47 Å². The van der Waals surface area contributed by atoms with Crippen LogP contribution in [-0.4, -0.2) is 40.8 Å². The van der Waals surface area contributed by atoms with Gasteiger partial charge < -0.3 is 19.7 Å². The Morgan fingerprint density at radius 2 is 1.80 bits per heavy atom. The molecule has 1 aromatic heterocycles. The Hall–Kier alpha value is -2.99. The second-order valence-corrected chi connectivity index (χ2v) is 5.42. The predicted molar refractivity (Wildman–Crippen MR) is 95.0 cm³/mol. The van der Waals surface area contributed by atoms with Crippen LogP contribution in [0.25, 0.3) is 22.5 Å². The van der Waals surface area contributed by atoms with Gasteiger partial charge in [-0.05, 0) is 18.2 Å². The lowest BCUT2D eigenvalue weighted by atomic mass is 10.1. The first kappa shape index (κ1) is 16.9. The highest BCUT2D eigenvalue weighted by atomic mass is 16.5. The molecule has 3 aromatic rings. The van der Waals surface area contributed by atoms with E-state index in [9.17, 15) is 10.2 Å². The molecule has 0 spiro atoms. The molecule has 6 heteroatoms. The van der Waals surface area contributed by atoms with Crippen LogP contribution in [0.2, 0.25) is 0 Å². The summed E-state index contributed by atoms with van der Waals surface area (Å²) >= 11 is 0. The molecule has 2 aromatic carbocycles. The summed E-state index contributed by atoms with van der Waals surface area (Å²) < 4.78 is 12.1. The van der Waals surface area contributed by atoms with Crippen molar-refractivity contribution in [1.82, 2.24) is 9.78 Å². The summed E-state index contributed by atoms with van der Waals surface area (Å²) in [7, 11) is 2.99. The Morgan fingerprint density at radius 1 is 1.04 bits per heavy atom. The summed E-state index contributed by atoms with van der Waals surface area (Å²) in [6, 6.07) is 15.1. The minimum atomic E-state index is -0.0586. The maximum Gasteiger partial charge on any atom is 0.203 e. The normalized spacial score (nSPS) is 10.7. The summed E-state index contributed by atoms with van der Waals surface area (Å²) in [5.41, 5.74) is 2.96. The molecule has 6 nitrogen and oxygen atoms in total. The number of benzene rings is 2. The molecule has 0 aliphatic carbocycles. The monoisotopic (exact) mass is 340 g/mol. The minimum absolute atomic E-state index is 0.0273. The Bertz CT molecular complexity index is 859. The fourth-order valence-electron chi connectivity index (χ4n) is 2.77. The number of aliphatic hydroxyl groups excluding tert-OH is 1. The van der Waals surface area contributed by atoms with Crippen molar-refractivity contribution in [2.75, 3.05) is 20.8 Å². The number of nitrogens with zero attached hydrogens (tertiary/aromatic N) is 2. The molecule has 0 amide bonds. The van der Waals surface area contributed by atoms with Crippen LogP contribution in [0.4, 0.5) is 0 Å². The maximum atomic E-state index is 10.6. The van der Waals surface area contributed by atoms with Crippen LogP contribution >= 0.6 is 0 Å². The number of aromatic nitrogens is 2. The molecule has 0 fully saturated rings. The number of aliphatic hydroxyl groups is 1. The first-order chi connectivity index (χ1) is 12.2. The largest absolute Gasteiger partial charge is 0.504 e. The number of rotatable bonds is 6. The number of hydrogen-bond acceptors (Lipinski definition) is 5. The number of methoxy groups -OCH3 is 2. The van der Waals surface area contributed by atoms with E-state index in [1.807, 2.05) is 36.4 Å². The third-order valence-electron chi connectivity index (χ3n) is 3.96. The van der Waals surface area contributed by atoms with Crippen molar-refractivity contribution < 1.29 is 19.7 Å². The van der Waals surface area contributed by atoms with Gasteiger partial charge in [-0.25, -0.2) is 0 Å². The van der Waals surface area contributed by atoms with Crippen LogP contribution in [0, 0.1) is 0 Å². The predicted octanol–water partition coefficient (Wildman–Crippen LogP) is 2.93. The molecule has 1 heterocycles. The highest BCUT2D eigenvalue weighted by Gasteiger charge is 2.19. The van der Waals surface area contributed by atoms with E-state index in [2.05, 4.69) is 5.10 Å². The Morgan fingerprint density at radius 3 is 2.44 bits per heavy atom. The fraction of sp³-hybridized carbons (Fsp3) is 0.211. The van der Waals surface area contributed by atoms with E-state index in [-0.39, 0.29) is 18.1 Å². The van der Waals surface area contributed by atoms with Gasteiger partial charge in [0.1, 0.15) is 0 Å². The van der Waals surface area contributed by atoms with Gasteiger partial charge in [-0.1, -0.05) is 30.3 Å². The molecule has 0 saturated heterocycles. The molecule has 0 bridgehead atoms. The zero-order valence-corrected chi connectivity index (χ0v) is 14.1. The lowest BCUT2D eigenvalue weighted by Crippen LogP contribution is -2.06. The van der Waals surface area contributed by atoms with E-state index in [0.717, 1.165) is 11.3 Å². The van der Waals surface area contributed by atoms with Crippen molar-refractivity contribution >= 4 is 0 Å². The van der Waals surface area contributed by atoms with Crippen molar-refractivity contribution in [3.63, 3.8) is 0 Å². The van der Waals surface area contributed by atoms with Crippen LogP contribution < -0.4 is 9.47 Å².